The second-order valence-electron chi connectivity index (χ2n) is 9.61. The molecule has 0 radical (unpaired) electrons. The molecule has 0 saturated heterocycles. The zero-order chi connectivity index (χ0) is 22.2. The topological polar surface area (TPSA) is 82.5 Å². The Balaban J connectivity index is 1.64. The minimum atomic E-state index is -1.20. The third-order valence-electron chi connectivity index (χ3n) is 6.27. The SMILES string of the molecule is CCOC(=O)c1cc2c(n1COCC[Si](C)(C)C)CC[C@]1(C2)C(=O)Nc2ncccc21. The number of rotatable bonds is 7. The van der Waals surface area contributed by atoms with E-state index in [1.165, 1.54) is 0 Å². The average molecular weight is 442 g/mol. The Hall–Kier alpha value is -2.45. The lowest BCUT2D eigenvalue weighted by Crippen LogP contribution is -2.40. The first kappa shape index (κ1) is 21.8. The highest BCUT2D eigenvalue weighted by Gasteiger charge is 2.50. The van der Waals surface area contributed by atoms with Crippen molar-refractivity contribution in [3.05, 3.63) is 46.9 Å². The van der Waals surface area contributed by atoms with Gasteiger partial charge in [0.05, 0.1) is 12.0 Å². The second kappa shape index (κ2) is 8.24. The number of nitrogens with zero attached hydrogens (tertiary/aromatic N) is 2. The molecule has 1 N–H and O–H groups in total. The second-order valence-corrected chi connectivity index (χ2v) is 15.2. The highest BCUT2D eigenvalue weighted by atomic mass is 28.3. The maximum absolute atomic E-state index is 13.0. The zero-order valence-electron chi connectivity index (χ0n) is 18.8. The smallest absolute Gasteiger partial charge is 0.355 e. The van der Waals surface area contributed by atoms with E-state index in [1.807, 2.05) is 22.8 Å². The Bertz CT molecular complexity index is 1010. The van der Waals surface area contributed by atoms with Gasteiger partial charge in [0.15, 0.2) is 0 Å². The molecule has 2 aromatic heterocycles. The van der Waals surface area contributed by atoms with Gasteiger partial charge in [0.1, 0.15) is 18.2 Å². The minimum absolute atomic E-state index is 0.0105. The zero-order valence-corrected chi connectivity index (χ0v) is 19.8. The Morgan fingerprint density at radius 1 is 1.35 bits per heavy atom. The van der Waals surface area contributed by atoms with Crippen molar-refractivity contribution in [1.29, 1.82) is 0 Å². The van der Waals surface area contributed by atoms with Gasteiger partial charge >= 0.3 is 5.97 Å². The monoisotopic (exact) mass is 441 g/mol. The number of ether oxygens (including phenoxy) is 2. The van der Waals surface area contributed by atoms with Gasteiger partial charge in [-0.25, -0.2) is 9.78 Å². The predicted octanol–water partition coefficient (Wildman–Crippen LogP) is 3.75. The highest BCUT2D eigenvalue weighted by molar-refractivity contribution is 6.76. The first-order valence-corrected chi connectivity index (χ1v) is 14.7. The van der Waals surface area contributed by atoms with Gasteiger partial charge in [-0.15, -0.1) is 0 Å². The lowest BCUT2D eigenvalue weighted by Gasteiger charge is -2.32. The van der Waals surface area contributed by atoms with Gasteiger partial charge in [-0.2, -0.15) is 0 Å². The van der Waals surface area contributed by atoms with E-state index < -0.39 is 13.5 Å². The molecular formula is C23H31N3O4Si. The van der Waals surface area contributed by atoms with E-state index >= 15 is 0 Å². The van der Waals surface area contributed by atoms with Gasteiger partial charge in [-0.1, -0.05) is 25.7 Å². The first-order chi connectivity index (χ1) is 14.7. The molecular weight excluding hydrogens is 410 g/mol. The molecule has 31 heavy (non-hydrogen) atoms. The summed E-state index contributed by atoms with van der Waals surface area (Å²) >= 11 is 0. The molecule has 7 nitrogen and oxygen atoms in total. The Morgan fingerprint density at radius 2 is 2.16 bits per heavy atom. The number of carbonyl (C=O) groups is 2. The van der Waals surface area contributed by atoms with Crippen LogP contribution in [0.2, 0.25) is 25.7 Å². The van der Waals surface area contributed by atoms with Crippen molar-refractivity contribution in [3.8, 4) is 0 Å². The number of hydrogen-bond donors (Lipinski definition) is 1. The maximum Gasteiger partial charge on any atom is 0.355 e. The molecule has 0 aromatic carbocycles. The van der Waals surface area contributed by atoms with E-state index in [4.69, 9.17) is 9.47 Å². The van der Waals surface area contributed by atoms with Gasteiger partial charge in [0.25, 0.3) is 0 Å². The number of aromatic nitrogens is 2. The van der Waals surface area contributed by atoms with Crippen molar-refractivity contribution in [3.63, 3.8) is 0 Å². The predicted molar refractivity (Wildman–Crippen MR) is 121 cm³/mol. The molecule has 1 amide bonds. The largest absolute Gasteiger partial charge is 0.461 e. The van der Waals surface area contributed by atoms with Crippen molar-refractivity contribution < 1.29 is 19.1 Å². The van der Waals surface area contributed by atoms with Crippen LogP contribution in [0.15, 0.2) is 24.4 Å². The number of carbonyl (C=O) groups excluding carboxylic acids is 2. The fraction of sp³-hybridized carbons (Fsp3) is 0.522. The average Bonchev–Trinajstić information content (AvgIpc) is 3.20. The van der Waals surface area contributed by atoms with Gasteiger partial charge < -0.3 is 19.4 Å². The molecule has 0 saturated carbocycles. The van der Waals surface area contributed by atoms with Crippen molar-refractivity contribution in [2.24, 2.45) is 0 Å². The molecule has 2 aliphatic rings. The number of pyridine rings is 1. The number of anilines is 1. The standard InChI is InChI=1S/C23H31N3O4Si/c1-5-30-21(27)19-13-16-14-23(17-7-6-10-24-20(17)25-22(23)28)9-8-18(16)26(19)15-29-11-12-31(2,3)4/h6-7,10,13H,5,8-9,11-12,14-15H2,1-4H3,(H,24,25,28)/t23-/m1/s1. The van der Waals surface area contributed by atoms with Crippen LogP contribution in [0.3, 0.4) is 0 Å². The summed E-state index contributed by atoms with van der Waals surface area (Å²) in [5.74, 6) is 0.289. The van der Waals surface area contributed by atoms with Crippen LogP contribution in [0.1, 0.15) is 40.7 Å². The van der Waals surface area contributed by atoms with Crippen LogP contribution in [0.25, 0.3) is 0 Å². The third kappa shape index (κ3) is 4.06. The Labute approximate surface area is 184 Å². The molecule has 8 heteroatoms. The summed E-state index contributed by atoms with van der Waals surface area (Å²) in [6, 6.07) is 6.81. The molecule has 1 atom stereocenters. The van der Waals surface area contributed by atoms with E-state index in [0.717, 1.165) is 22.9 Å². The fourth-order valence-electron chi connectivity index (χ4n) is 4.56. The first-order valence-electron chi connectivity index (χ1n) is 11.0. The summed E-state index contributed by atoms with van der Waals surface area (Å²) in [5, 5.41) is 2.94. The van der Waals surface area contributed by atoms with Crippen molar-refractivity contribution in [2.45, 2.75) is 64.0 Å². The highest BCUT2D eigenvalue weighted by Crippen LogP contribution is 2.46. The summed E-state index contributed by atoms with van der Waals surface area (Å²) < 4.78 is 13.2. The Morgan fingerprint density at radius 3 is 2.90 bits per heavy atom. The summed E-state index contributed by atoms with van der Waals surface area (Å²) in [6.07, 6.45) is 3.60. The minimum Gasteiger partial charge on any atom is -0.461 e. The fourth-order valence-corrected chi connectivity index (χ4v) is 5.32. The van der Waals surface area contributed by atoms with Crippen LogP contribution < -0.4 is 5.32 Å². The van der Waals surface area contributed by atoms with E-state index in [1.54, 1.807) is 13.1 Å². The summed E-state index contributed by atoms with van der Waals surface area (Å²) in [7, 11) is -1.20. The van der Waals surface area contributed by atoms with Crippen LogP contribution in [0, 0.1) is 0 Å². The number of fused-ring (bicyclic) bond motifs is 3. The van der Waals surface area contributed by atoms with Gasteiger partial charge in [-0.3, -0.25) is 4.79 Å². The van der Waals surface area contributed by atoms with Crippen LogP contribution in [0.4, 0.5) is 5.82 Å². The Kier molecular flexibility index (Phi) is 5.78. The van der Waals surface area contributed by atoms with Crippen LogP contribution in [0.5, 0.6) is 0 Å². The lowest BCUT2D eigenvalue weighted by atomic mass is 9.70. The molecule has 0 bridgehead atoms. The van der Waals surface area contributed by atoms with E-state index in [-0.39, 0.29) is 11.9 Å². The molecule has 1 aliphatic heterocycles. The lowest BCUT2D eigenvalue weighted by molar-refractivity contribution is -0.121. The molecule has 0 unspecified atom stereocenters. The molecule has 4 rings (SSSR count). The van der Waals surface area contributed by atoms with Gasteiger partial charge in [-0.05, 0) is 49.9 Å². The maximum atomic E-state index is 13.0. The van der Waals surface area contributed by atoms with E-state index in [0.29, 0.717) is 50.7 Å². The quantitative estimate of drug-likeness (QED) is 0.402. The van der Waals surface area contributed by atoms with Crippen molar-refractivity contribution in [2.75, 3.05) is 18.5 Å². The van der Waals surface area contributed by atoms with Gasteiger partial charge in [0, 0.05) is 32.1 Å². The molecule has 1 aliphatic carbocycles. The van der Waals surface area contributed by atoms with Crippen LogP contribution >= 0.6 is 0 Å². The normalized spacial score (nSPS) is 19.8. The summed E-state index contributed by atoms with van der Waals surface area (Å²) in [5.41, 5.74) is 2.89. The molecule has 2 aromatic rings. The molecule has 166 valence electrons. The number of hydrogen-bond acceptors (Lipinski definition) is 5. The van der Waals surface area contributed by atoms with Gasteiger partial charge in [0.2, 0.25) is 5.91 Å². The van der Waals surface area contributed by atoms with Crippen LogP contribution in [-0.2, 0) is 39.3 Å². The third-order valence-corrected chi connectivity index (χ3v) is 7.97. The summed E-state index contributed by atoms with van der Waals surface area (Å²) in [6.45, 7) is 10.1. The van der Waals surface area contributed by atoms with E-state index in [9.17, 15) is 9.59 Å². The molecule has 3 heterocycles. The van der Waals surface area contributed by atoms with Crippen molar-refractivity contribution in [1.82, 2.24) is 9.55 Å². The van der Waals surface area contributed by atoms with Crippen molar-refractivity contribution >= 4 is 25.8 Å². The molecule has 1 spiro atoms. The number of nitrogens with one attached hydrogen (secondary N) is 1. The van der Waals surface area contributed by atoms with Crippen LogP contribution in [-0.4, -0.2) is 42.7 Å². The van der Waals surface area contributed by atoms with E-state index in [2.05, 4.69) is 29.9 Å². The summed E-state index contributed by atoms with van der Waals surface area (Å²) in [4.78, 5) is 30.0. The molecule has 0 fully saturated rings. The number of amides is 1. The number of esters is 1.